The lowest BCUT2D eigenvalue weighted by Gasteiger charge is -2.06. The fourth-order valence-corrected chi connectivity index (χ4v) is 5.02. The van der Waals surface area contributed by atoms with E-state index in [2.05, 4.69) is 41.0 Å². The molecule has 1 aromatic carbocycles. The van der Waals surface area contributed by atoms with Crippen LogP contribution in [0.5, 0.6) is 0 Å². The Hall–Kier alpha value is -1.45. The summed E-state index contributed by atoms with van der Waals surface area (Å²) in [5.74, 6) is 1.27. The number of nitrogens with one attached hydrogen (secondary N) is 1. The Morgan fingerprint density at radius 3 is 3.16 bits per heavy atom. The van der Waals surface area contributed by atoms with Crippen molar-refractivity contribution in [3.8, 4) is 0 Å². The third-order valence-corrected chi connectivity index (χ3v) is 6.40. The number of benzene rings is 1. The van der Waals surface area contributed by atoms with Gasteiger partial charge in [0.15, 0.2) is 10.3 Å². The zero-order valence-electron chi connectivity index (χ0n) is 13.4. The predicted octanol–water partition coefficient (Wildman–Crippen LogP) is 4.11. The van der Waals surface area contributed by atoms with Gasteiger partial charge in [0, 0.05) is 17.4 Å². The highest BCUT2D eigenvalue weighted by atomic mass is 79.9. The second-order valence-corrected chi connectivity index (χ2v) is 8.72. The predicted molar refractivity (Wildman–Crippen MR) is 104 cm³/mol. The number of thiazole rings is 1. The summed E-state index contributed by atoms with van der Waals surface area (Å²) in [4.78, 5) is 16.7. The van der Waals surface area contributed by atoms with Crippen molar-refractivity contribution < 1.29 is 4.79 Å². The van der Waals surface area contributed by atoms with Gasteiger partial charge in [-0.2, -0.15) is 0 Å². The molecule has 0 saturated heterocycles. The normalized spacial score (nSPS) is 14.3. The van der Waals surface area contributed by atoms with Gasteiger partial charge in [0.05, 0.1) is 16.0 Å². The van der Waals surface area contributed by atoms with Crippen molar-refractivity contribution >= 4 is 60.3 Å². The van der Waals surface area contributed by atoms with Crippen molar-refractivity contribution in [2.45, 2.75) is 37.4 Å². The fourth-order valence-electron chi connectivity index (χ4n) is 2.80. The summed E-state index contributed by atoms with van der Waals surface area (Å²) in [5, 5.41) is 12.8. The summed E-state index contributed by atoms with van der Waals surface area (Å²) in [6, 6.07) is 5.88. The zero-order valence-corrected chi connectivity index (χ0v) is 16.6. The van der Waals surface area contributed by atoms with Gasteiger partial charge in [-0.25, -0.2) is 4.98 Å². The topological polar surface area (TPSA) is 72.7 Å². The van der Waals surface area contributed by atoms with Crippen molar-refractivity contribution in [3.63, 3.8) is 0 Å². The van der Waals surface area contributed by atoms with Crippen LogP contribution in [-0.2, 0) is 17.8 Å². The summed E-state index contributed by atoms with van der Waals surface area (Å²) in [6.07, 6.45) is 4.51. The van der Waals surface area contributed by atoms with E-state index in [1.165, 1.54) is 29.5 Å². The monoisotopic (exact) mass is 437 g/mol. The maximum Gasteiger partial charge on any atom is 0.236 e. The second kappa shape index (κ2) is 7.43. The molecule has 0 radical (unpaired) electrons. The van der Waals surface area contributed by atoms with Crippen LogP contribution in [0, 0.1) is 0 Å². The molecule has 3 aromatic rings. The maximum atomic E-state index is 12.3. The molecule has 2 aromatic heterocycles. The SMILES string of the molecule is O=C(CSc1nnc2n1CCCCC2)Nc1nc2ccc(Br)cc2s1. The average Bonchev–Trinajstić information content (AvgIpc) is 3.08. The Bertz CT molecular complexity index is 923. The lowest BCUT2D eigenvalue weighted by Crippen LogP contribution is -2.14. The van der Waals surface area contributed by atoms with Gasteiger partial charge in [0.2, 0.25) is 5.91 Å². The van der Waals surface area contributed by atoms with Crippen LogP contribution in [0.2, 0.25) is 0 Å². The molecule has 0 atom stereocenters. The molecular formula is C16H16BrN5OS2. The smallest absolute Gasteiger partial charge is 0.236 e. The lowest BCUT2D eigenvalue weighted by atomic mass is 10.2. The molecule has 4 rings (SSSR count). The highest BCUT2D eigenvalue weighted by Crippen LogP contribution is 2.29. The van der Waals surface area contributed by atoms with Gasteiger partial charge >= 0.3 is 0 Å². The standard InChI is InChI=1S/C16H16BrN5OS2/c17-10-5-6-11-12(8-10)25-15(18-11)19-14(23)9-24-16-21-20-13-4-2-1-3-7-22(13)16/h5-6,8H,1-4,7,9H2,(H,18,19,23). The van der Waals surface area contributed by atoms with Gasteiger partial charge in [0.25, 0.3) is 0 Å². The molecular weight excluding hydrogens is 422 g/mol. The second-order valence-electron chi connectivity index (χ2n) is 5.83. The number of anilines is 1. The van der Waals surface area contributed by atoms with E-state index in [0.29, 0.717) is 10.9 Å². The number of carbonyl (C=O) groups excluding carboxylic acids is 1. The zero-order chi connectivity index (χ0) is 17.2. The quantitative estimate of drug-likeness (QED) is 0.621. The number of carbonyl (C=O) groups is 1. The number of fused-ring (bicyclic) bond motifs is 2. The summed E-state index contributed by atoms with van der Waals surface area (Å²) in [7, 11) is 0. The van der Waals surface area contributed by atoms with Crippen LogP contribution in [0.3, 0.4) is 0 Å². The van der Waals surface area contributed by atoms with E-state index in [1.807, 2.05) is 18.2 Å². The third-order valence-electron chi connectivity index (χ3n) is 4.00. The number of hydrogen-bond acceptors (Lipinski definition) is 6. The summed E-state index contributed by atoms with van der Waals surface area (Å²) in [6.45, 7) is 0.943. The molecule has 6 nitrogen and oxygen atoms in total. The molecule has 0 fully saturated rings. The molecule has 0 spiro atoms. The Morgan fingerprint density at radius 1 is 1.32 bits per heavy atom. The molecule has 1 aliphatic rings. The van der Waals surface area contributed by atoms with Crippen molar-refractivity contribution in [1.29, 1.82) is 0 Å². The lowest BCUT2D eigenvalue weighted by molar-refractivity contribution is -0.113. The Balaban J connectivity index is 1.39. The molecule has 1 amide bonds. The van der Waals surface area contributed by atoms with Gasteiger partial charge in [-0.1, -0.05) is 45.4 Å². The van der Waals surface area contributed by atoms with Gasteiger partial charge < -0.3 is 9.88 Å². The molecule has 0 unspecified atom stereocenters. The number of thioether (sulfide) groups is 1. The third kappa shape index (κ3) is 3.88. The van der Waals surface area contributed by atoms with Gasteiger partial charge in [-0.05, 0) is 31.0 Å². The van der Waals surface area contributed by atoms with Crippen LogP contribution in [0.25, 0.3) is 10.2 Å². The number of rotatable bonds is 4. The minimum atomic E-state index is -0.0749. The molecule has 0 bridgehead atoms. The van der Waals surface area contributed by atoms with Gasteiger partial charge in [0.1, 0.15) is 5.82 Å². The van der Waals surface area contributed by atoms with Crippen LogP contribution >= 0.6 is 39.0 Å². The van der Waals surface area contributed by atoms with Crippen LogP contribution in [-0.4, -0.2) is 31.4 Å². The summed E-state index contributed by atoms with van der Waals surface area (Å²) in [5.41, 5.74) is 0.888. The van der Waals surface area contributed by atoms with Crippen molar-refractivity contribution in [1.82, 2.24) is 19.7 Å². The number of hydrogen-bond donors (Lipinski definition) is 1. The Morgan fingerprint density at radius 2 is 2.24 bits per heavy atom. The van der Waals surface area contributed by atoms with Gasteiger partial charge in [-0.15, -0.1) is 10.2 Å². The number of halogens is 1. The molecule has 1 N–H and O–H groups in total. The first kappa shape index (κ1) is 17.0. The van der Waals surface area contributed by atoms with E-state index in [1.54, 1.807) is 0 Å². The van der Waals surface area contributed by atoms with E-state index in [0.717, 1.165) is 51.5 Å². The molecule has 25 heavy (non-hydrogen) atoms. The molecule has 0 aliphatic carbocycles. The molecule has 1 aliphatic heterocycles. The Kier molecular flexibility index (Phi) is 5.05. The highest BCUT2D eigenvalue weighted by Gasteiger charge is 2.16. The first-order chi connectivity index (χ1) is 12.2. The van der Waals surface area contributed by atoms with Crippen LogP contribution in [0.1, 0.15) is 25.1 Å². The Labute approximate surface area is 161 Å². The average molecular weight is 438 g/mol. The van der Waals surface area contributed by atoms with Crippen molar-refractivity contribution in [2.75, 3.05) is 11.1 Å². The maximum absolute atomic E-state index is 12.3. The molecule has 3 heterocycles. The van der Waals surface area contributed by atoms with E-state index in [-0.39, 0.29) is 5.91 Å². The molecule has 9 heteroatoms. The van der Waals surface area contributed by atoms with Crippen molar-refractivity contribution in [2.24, 2.45) is 0 Å². The van der Waals surface area contributed by atoms with Crippen molar-refractivity contribution in [3.05, 3.63) is 28.5 Å². The van der Waals surface area contributed by atoms with E-state index < -0.39 is 0 Å². The number of nitrogens with zero attached hydrogens (tertiary/aromatic N) is 4. The van der Waals surface area contributed by atoms with Gasteiger partial charge in [-0.3, -0.25) is 4.79 Å². The molecule has 130 valence electrons. The summed E-state index contributed by atoms with van der Waals surface area (Å²) < 4.78 is 4.20. The van der Waals surface area contributed by atoms with E-state index in [9.17, 15) is 4.79 Å². The van der Waals surface area contributed by atoms with Crippen LogP contribution < -0.4 is 5.32 Å². The first-order valence-corrected chi connectivity index (χ1v) is 10.7. The van der Waals surface area contributed by atoms with Crippen LogP contribution in [0.4, 0.5) is 5.13 Å². The number of aryl methyl sites for hydroxylation is 1. The minimum Gasteiger partial charge on any atom is -0.306 e. The van der Waals surface area contributed by atoms with E-state index in [4.69, 9.17) is 0 Å². The summed E-state index contributed by atoms with van der Waals surface area (Å²) >= 11 is 6.36. The molecule has 0 saturated carbocycles. The van der Waals surface area contributed by atoms with Crippen LogP contribution in [0.15, 0.2) is 27.8 Å². The highest BCUT2D eigenvalue weighted by molar-refractivity contribution is 9.10. The first-order valence-electron chi connectivity index (χ1n) is 8.10. The minimum absolute atomic E-state index is 0.0749. The largest absolute Gasteiger partial charge is 0.306 e. The van der Waals surface area contributed by atoms with E-state index >= 15 is 0 Å². The number of amides is 1. The fraction of sp³-hybridized carbons (Fsp3) is 0.375. The number of aromatic nitrogens is 4.